The van der Waals surface area contributed by atoms with Crippen molar-refractivity contribution in [2.75, 3.05) is 0 Å². The monoisotopic (exact) mass is 263 g/mol. The quantitative estimate of drug-likeness (QED) is 0.920. The van der Waals surface area contributed by atoms with E-state index in [4.69, 9.17) is 21.4 Å². The van der Waals surface area contributed by atoms with Crippen LogP contribution in [0.25, 0.3) is 0 Å². The van der Waals surface area contributed by atoms with Gasteiger partial charge in [-0.3, -0.25) is 0 Å². The summed E-state index contributed by atoms with van der Waals surface area (Å²) in [4.78, 5) is 14.7. The molecule has 0 aliphatic carbocycles. The molecule has 1 aromatic carbocycles. The fraction of sp³-hybridized carbons (Fsp3) is 0.0769. The van der Waals surface area contributed by atoms with Gasteiger partial charge in [-0.05, 0) is 25.1 Å². The van der Waals surface area contributed by atoms with Crippen LogP contribution in [0.15, 0.2) is 36.4 Å². The third-order valence-corrected chi connectivity index (χ3v) is 2.57. The van der Waals surface area contributed by atoms with Gasteiger partial charge in [0.2, 0.25) is 5.88 Å². The summed E-state index contributed by atoms with van der Waals surface area (Å²) in [6.07, 6.45) is 0. The summed E-state index contributed by atoms with van der Waals surface area (Å²) in [6.45, 7) is 1.97. The minimum Gasteiger partial charge on any atom is -0.476 e. The van der Waals surface area contributed by atoms with Crippen molar-refractivity contribution in [2.45, 2.75) is 6.92 Å². The number of carbonyl (C=O) groups is 1. The maximum atomic E-state index is 10.9. The minimum absolute atomic E-state index is 0.0822. The molecule has 0 aliphatic rings. The Morgan fingerprint density at radius 2 is 1.89 bits per heavy atom. The first-order valence-electron chi connectivity index (χ1n) is 5.20. The van der Waals surface area contributed by atoms with Crippen LogP contribution in [0.5, 0.6) is 11.6 Å². The molecule has 18 heavy (non-hydrogen) atoms. The molecule has 0 bridgehead atoms. The third-order valence-electron chi connectivity index (χ3n) is 2.27. The highest BCUT2D eigenvalue weighted by Gasteiger charge is 2.12. The molecule has 1 heterocycles. The van der Waals surface area contributed by atoms with Gasteiger partial charge in [0.1, 0.15) is 5.75 Å². The molecule has 1 N–H and O–H groups in total. The minimum atomic E-state index is -1.19. The molecular weight excluding hydrogens is 254 g/mol. The van der Waals surface area contributed by atoms with Crippen molar-refractivity contribution in [3.05, 3.63) is 52.7 Å². The van der Waals surface area contributed by atoms with Crippen molar-refractivity contribution in [1.82, 2.24) is 4.98 Å². The van der Waals surface area contributed by atoms with Crippen LogP contribution >= 0.6 is 11.6 Å². The number of hydrogen-bond donors (Lipinski definition) is 1. The molecule has 5 heteroatoms. The topological polar surface area (TPSA) is 59.4 Å². The average molecular weight is 264 g/mol. The molecule has 92 valence electrons. The highest BCUT2D eigenvalue weighted by Crippen LogP contribution is 2.23. The first-order valence-corrected chi connectivity index (χ1v) is 5.58. The largest absolute Gasteiger partial charge is 0.476 e. The molecule has 0 saturated heterocycles. The van der Waals surface area contributed by atoms with Crippen molar-refractivity contribution < 1.29 is 14.6 Å². The predicted octanol–water partition coefficient (Wildman–Crippen LogP) is 3.53. The first kappa shape index (κ1) is 12.4. The van der Waals surface area contributed by atoms with E-state index in [0.717, 1.165) is 5.56 Å². The molecule has 0 amide bonds. The molecule has 0 spiro atoms. The Morgan fingerprint density at radius 1 is 1.22 bits per heavy atom. The van der Waals surface area contributed by atoms with E-state index in [-0.39, 0.29) is 16.6 Å². The van der Waals surface area contributed by atoms with Gasteiger partial charge in [0.25, 0.3) is 0 Å². The van der Waals surface area contributed by atoms with Crippen LogP contribution in [-0.2, 0) is 0 Å². The second-order valence-electron chi connectivity index (χ2n) is 3.70. The molecule has 2 rings (SSSR count). The van der Waals surface area contributed by atoms with E-state index < -0.39 is 5.97 Å². The first-order chi connectivity index (χ1) is 8.56. The van der Waals surface area contributed by atoms with Gasteiger partial charge < -0.3 is 9.84 Å². The molecule has 0 radical (unpaired) electrons. The van der Waals surface area contributed by atoms with E-state index in [1.54, 1.807) is 12.1 Å². The van der Waals surface area contributed by atoms with Crippen molar-refractivity contribution in [3.63, 3.8) is 0 Å². The number of rotatable bonds is 3. The summed E-state index contributed by atoms with van der Waals surface area (Å²) in [5.74, 6) is -0.401. The number of nitrogens with zero attached hydrogens (tertiary/aromatic N) is 1. The number of aromatic nitrogens is 1. The summed E-state index contributed by atoms with van der Waals surface area (Å²) >= 11 is 5.72. The fourth-order valence-electron chi connectivity index (χ4n) is 1.36. The summed E-state index contributed by atoms with van der Waals surface area (Å²) in [5.41, 5.74) is 0.888. The zero-order valence-electron chi connectivity index (χ0n) is 9.55. The Labute approximate surface area is 109 Å². The van der Waals surface area contributed by atoms with Gasteiger partial charge in [-0.1, -0.05) is 29.3 Å². The number of carboxylic acids is 1. The van der Waals surface area contributed by atoms with Crippen LogP contribution in [0.3, 0.4) is 0 Å². The molecule has 1 aromatic heterocycles. The molecule has 2 aromatic rings. The van der Waals surface area contributed by atoms with E-state index in [1.165, 1.54) is 12.1 Å². The number of ether oxygens (including phenoxy) is 1. The number of aromatic carboxylic acids is 1. The lowest BCUT2D eigenvalue weighted by Crippen LogP contribution is -2.02. The molecule has 0 unspecified atom stereocenters. The third kappa shape index (κ3) is 2.78. The molecule has 0 fully saturated rings. The van der Waals surface area contributed by atoms with Gasteiger partial charge in [0.15, 0.2) is 5.69 Å². The highest BCUT2D eigenvalue weighted by molar-refractivity contribution is 6.33. The van der Waals surface area contributed by atoms with Gasteiger partial charge in [0, 0.05) is 6.07 Å². The van der Waals surface area contributed by atoms with Gasteiger partial charge >= 0.3 is 5.97 Å². The molecular formula is C13H10ClNO3. The second kappa shape index (κ2) is 5.06. The van der Waals surface area contributed by atoms with Crippen molar-refractivity contribution >= 4 is 17.6 Å². The molecule has 0 aliphatic heterocycles. The average Bonchev–Trinajstić information content (AvgIpc) is 2.34. The van der Waals surface area contributed by atoms with Crippen LogP contribution in [0.1, 0.15) is 16.1 Å². The van der Waals surface area contributed by atoms with Crippen LogP contribution in [0.4, 0.5) is 0 Å². The van der Waals surface area contributed by atoms with Gasteiger partial charge in [-0.2, -0.15) is 0 Å². The van der Waals surface area contributed by atoms with E-state index in [0.29, 0.717) is 5.75 Å². The standard InChI is InChI=1S/C13H10ClNO3/c1-8-2-4-9(5-3-8)18-11-7-6-10(14)12(15-11)13(16)17/h2-7H,1H3,(H,16,17). The van der Waals surface area contributed by atoms with E-state index in [1.807, 2.05) is 19.1 Å². The van der Waals surface area contributed by atoms with Crippen LogP contribution in [0, 0.1) is 6.92 Å². The van der Waals surface area contributed by atoms with E-state index >= 15 is 0 Å². The lowest BCUT2D eigenvalue weighted by molar-refractivity contribution is 0.0690. The number of aryl methyl sites for hydroxylation is 1. The summed E-state index contributed by atoms with van der Waals surface area (Å²) in [7, 11) is 0. The molecule has 4 nitrogen and oxygen atoms in total. The Kier molecular flexibility index (Phi) is 3.48. The number of benzene rings is 1. The zero-order valence-corrected chi connectivity index (χ0v) is 10.3. The zero-order chi connectivity index (χ0) is 13.1. The number of hydrogen-bond acceptors (Lipinski definition) is 3. The SMILES string of the molecule is Cc1ccc(Oc2ccc(Cl)c(C(=O)O)n2)cc1. The Balaban J connectivity index is 2.27. The highest BCUT2D eigenvalue weighted by atomic mass is 35.5. The Bertz CT molecular complexity index is 581. The summed E-state index contributed by atoms with van der Waals surface area (Å²) in [5, 5.41) is 8.97. The smallest absolute Gasteiger partial charge is 0.356 e. The van der Waals surface area contributed by atoms with E-state index in [9.17, 15) is 4.79 Å². The predicted molar refractivity (Wildman–Crippen MR) is 67.5 cm³/mol. The van der Waals surface area contributed by atoms with Crippen molar-refractivity contribution in [1.29, 1.82) is 0 Å². The van der Waals surface area contributed by atoms with Crippen LogP contribution in [0.2, 0.25) is 5.02 Å². The van der Waals surface area contributed by atoms with Crippen molar-refractivity contribution in [2.24, 2.45) is 0 Å². The van der Waals surface area contributed by atoms with Crippen LogP contribution < -0.4 is 4.74 Å². The maximum Gasteiger partial charge on any atom is 0.356 e. The van der Waals surface area contributed by atoms with Gasteiger partial charge in [-0.25, -0.2) is 9.78 Å². The lowest BCUT2D eigenvalue weighted by atomic mass is 10.2. The number of carboxylic acid groups (broad SMARTS) is 1. The van der Waals surface area contributed by atoms with Gasteiger partial charge in [-0.15, -0.1) is 0 Å². The van der Waals surface area contributed by atoms with Gasteiger partial charge in [0.05, 0.1) is 5.02 Å². The Hall–Kier alpha value is -2.07. The van der Waals surface area contributed by atoms with E-state index in [2.05, 4.69) is 4.98 Å². The second-order valence-corrected chi connectivity index (χ2v) is 4.11. The summed E-state index contributed by atoms with van der Waals surface area (Å²) in [6, 6.07) is 10.3. The Morgan fingerprint density at radius 3 is 2.50 bits per heavy atom. The molecule has 0 atom stereocenters. The lowest BCUT2D eigenvalue weighted by Gasteiger charge is -2.06. The van der Waals surface area contributed by atoms with Crippen LogP contribution in [-0.4, -0.2) is 16.1 Å². The number of pyridine rings is 1. The summed E-state index contributed by atoms with van der Waals surface area (Å²) < 4.78 is 5.45. The van der Waals surface area contributed by atoms with Crippen molar-refractivity contribution in [3.8, 4) is 11.6 Å². The maximum absolute atomic E-state index is 10.9. The fourth-order valence-corrected chi connectivity index (χ4v) is 1.54. The number of halogens is 1. The molecule has 0 saturated carbocycles. The normalized spacial score (nSPS) is 10.1.